The molecule has 1 heterocycles. The number of carbonyl (C=O) groups is 4. The Morgan fingerprint density at radius 2 is 1.50 bits per heavy atom. The van der Waals surface area contributed by atoms with Crippen LogP contribution in [-0.2, 0) is 29.5 Å². The lowest BCUT2D eigenvalue weighted by Crippen LogP contribution is -2.60. The molecule has 0 aromatic heterocycles. The molecule has 1 aliphatic carbocycles. The van der Waals surface area contributed by atoms with Crippen LogP contribution in [0.5, 0.6) is 0 Å². The lowest BCUT2D eigenvalue weighted by atomic mass is 9.85. The van der Waals surface area contributed by atoms with Crippen LogP contribution in [0.2, 0.25) is 0 Å². The molecule has 0 unspecified atom stereocenters. The predicted octanol–water partition coefficient (Wildman–Crippen LogP) is 4.12. The van der Waals surface area contributed by atoms with Crippen molar-refractivity contribution in [3.05, 3.63) is 60.2 Å². The van der Waals surface area contributed by atoms with Gasteiger partial charge in [0.2, 0.25) is 17.7 Å². The number of nitrogens with zero attached hydrogens (tertiary/aromatic N) is 1. The summed E-state index contributed by atoms with van der Waals surface area (Å²) in [6, 6.07) is 15.8. The second kappa shape index (κ2) is 11.9. The summed E-state index contributed by atoms with van der Waals surface area (Å²) in [7, 11) is 1.56. The molecule has 4 N–H and O–H groups in total. The van der Waals surface area contributed by atoms with E-state index in [0.717, 1.165) is 16.7 Å². The van der Waals surface area contributed by atoms with Crippen LogP contribution in [0.4, 0.5) is 4.79 Å². The Labute approximate surface area is 260 Å². The third-order valence-electron chi connectivity index (χ3n) is 8.69. The number of alkyl carbamates (subject to hydrolysis) is 1. The van der Waals surface area contributed by atoms with Crippen LogP contribution >= 0.6 is 0 Å². The average Bonchev–Trinajstić information content (AvgIpc) is 3.43. The molecule has 2 aromatic rings. The molecule has 5 atom stereocenters. The molecule has 2 fully saturated rings. The molecule has 1 saturated heterocycles. The van der Waals surface area contributed by atoms with Gasteiger partial charge in [-0.1, -0.05) is 82.3 Å². The fraction of sp³-hybridized carbons (Fsp3) is 0.529. The van der Waals surface area contributed by atoms with Crippen molar-refractivity contribution < 1.29 is 28.7 Å². The first kappa shape index (κ1) is 33.0. The number of benzene rings is 2. The number of likely N-dealkylation sites (tertiary alicyclic amines) is 1. The highest BCUT2D eigenvalue weighted by Crippen LogP contribution is 2.45. The predicted molar refractivity (Wildman–Crippen MR) is 167 cm³/mol. The van der Waals surface area contributed by atoms with Crippen LogP contribution in [0.25, 0.3) is 11.1 Å². The van der Waals surface area contributed by atoms with Crippen LogP contribution in [0.3, 0.4) is 0 Å². The Bertz CT molecular complexity index is 1400. The first-order valence-electron chi connectivity index (χ1n) is 15.1. The number of hydrogen-bond acceptors (Lipinski definition) is 6. The van der Waals surface area contributed by atoms with E-state index in [2.05, 4.69) is 10.6 Å². The van der Waals surface area contributed by atoms with Crippen molar-refractivity contribution >= 4 is 23.8 Å². The number of nitrogens with one attached hydrogen (secondary N) is 2. The molecule has 4 amide bonds. The average molecular weight is 607 g/mol. The van der Waals surface area contributed by atoms with Crippen molar-refractivity contribution in [1.82, 2.24) is 15.5 Å². The minimum absolute atomic E-state index is 0.0484. The summed E-state index contributed by atoms with van der Waals surface area (Å²) in [5, 5.41) is 5.61. The molecule has 10 heteroatoms. The van der Waals surface area contributed by atoms with Crippen molar-refractivity contribution in [2.24, 2.45) is 17.1 Å². The summed E-state index contributed by atoms with van der Waals surface area (Å²) in [4.78, 5) is 55.0. The van der Waals surface area contributed by atoms with E-state index in [1.165, 1.54) is 4.90 Å². The van der Waals surface area contributed by atoms with Crippen molar-refractivity contribution in [2.75, 3.05) is 13.7 Å². The molecule has 1 aliphatic heterocycles. The highest BCUT2D eigenvalue weighted by Gasteiger charge is 2.60. The van der Waals surface area contributed by atoms with Gasteiger partial charge in [-0.05, 0) is 55.2 Å². The number of nitrogens with two attached hydrogens (primary N) is 1. The Hall–Kier alpha value is -3.92. The fourth-order valence-electron chi connectivity index (χ4n) is 5.96. The Morgan fingerprint density at radius 1 is 0.932 bits per heavy atom. The van der Waals surface area contributed by atoms with Crippen molar-refractivity contribution in [1.29, 1.82) is 0 Å². The maximum atomic E-state index is 14.4. The lowest BCUT2D eigenvalue weighted by molar-refractivity contribution is -0.143. The van der Waals surface area contributed by atoms with E-state index >= 15 is 0 Å². The molecule has 0 spiro atoms. The number of primary amides is 1. The maximum absolute atomic E-state index is 14.4. The van der Waals surface area contributed by atoms with Crippen molar-refractivity contribution in [3.8, 4) is 11.1 Å². The number of methoxy groups -OCH3 is 1. The van der Waals surface area contributed by atoms with Crippen LogP contribution in [0, 0.1) is 11.3 Å². The smallest absolute Gasteiger partial charge is 0.408 e. The van der Waals surface area contributed by atoms with Crippen LogP contribution in [-0.4, -0.2) is 65.6 Å². The van der Waals surface area contributed by atoms with Gasteiger partial charge in [-0.25, -0.2) is 4.79 Å². The monoisotopic (exact) mass is 606 g/mol. The standard InChI is InChI=1S/C34H46N4O6/c1-21-18-34(21,29(35)41)37-27(39)25-19-33(43-8,24-16-14-23(15-17-24)22-12-10-9-11-13-22)20-38(25)28(40)26(31(2,3)4)36-30(42)44-32(5,6)7/h9-17,21,25-26H,18-20H2,1-8H3,(H2,35,41)(H,36,42)(H,37,39)/t21-,25+,26-,33+,34-/m1/s1. The largest absolute Gasteiger partial charge is 0.444 e. The van der Waals surface area contributed by atoms with E-state index in [0.29, 0.717) is 6.42 Å². The molecular formula is C34H46N4O6. The SMILES string of the molecule is CO[C@@]1(c2ccc(-c3ccccc3)cc2)C[C@@H](C(=O)N[C@]2(C(N)=O)C[C@H]2C)N(C(=O)[C@@H](NC(=O)OC(C)(C)C)C(C)(C)C)C1. The molecule has 0 radical (unpaired) electrons. The van der Waals surface area contributed by atoms with Crippen LogP contribution < -0.4 is 16.4 Å². The van der Waals surface area contributed by atoms with Crippen molar-refractivity contribution in [2.45, 2.75) is 90.1 Å². The van der Waals surface area contributed by atoms with Gasteiger partial charge in [0.1, 0.15) is 28.8 Å². The zero-order valence-electron chi connectivity index (χ0n) is 27.0. The van der Waals surface area contributed by atoms with Gasteiger partial charge >= 0.3 is 6.09 Å². The van der Waals surface area contributed by atoms with Gasteiger partial charge in [0, 0.05) is 13.5 Å². The maximum Gasteiger partial charge on any atom is 0.408 e. The Balaban J connectivity index is 1.70. The Kier molecular flexibility index (Phi) is 8.90. The number of hydrogen-bond donors (Lipinski definition) is 3. The zero-order chi connectivity index (χ0) is 32.7. The molecule has 0 bridgehead atoms. The molecule has 44 heavy (non-hydrogen) atoms. The van der Waals surface area contributed by atoms with Gasteiger partial charge in [-0.3, -0.25) is 14.4 Å². The Morgan fingerprint density at radius 3 is 1.98 bits per heavy atom. The summed E-state index contributed by atoms with van der Waals surface area (Å²) < 4.78 is 11.6. The zero-order valence-corrected chi connectivity index (χ0v) is 27.0. The lowest BCUT2D eigenvalue weighted by Gasteiger charge is -2.36. The van der Waals surface area contributed by atoms with E-state index in [1.54, 1.807) is 27.9 Å². The highest BCUT2D eigenvalue weighted by molar-refractivity contribution is 5.97. The molecular weight excluding hydrogens is 560 g/mol. The first-order chi connectivity index (χ1) is 20.4. The van der Waals surface area contributed by atoms with Gasteiger partial charge in [-0.15, -0.1) is 0 Å². The molecule has 10 nitrogen and oxygen atoms in total. The van der Waals surface area contributed by atoms with Gasteiger partial charge in [0.15, 0.2) is 0 Å². The van der Waals surface area contributed by atoms with Gasteiger partial charge < -0.3 is 30.7 Å². The molecule has 238 valence electrons. The summed E-state index contributed by atoms with van der Waals surface area (Å²) in [6.07, 6.45) is -0.172. The highest BCUT2D eigenvalue weighted by atomic mass is 16.6. The van der Waals surface area contributed by atoms with E-state index in [9.17, 15) is 19.2 Å². The van der Waals surface area contributed by atoms with Crippen LogP contribution in [0.1, 0.15) is 66.9 Å². The number of rotatable bonds is 8. The number of ether oxygens (including phenoxy) is 2. The minimum Gasteiger partial charge on any atom is -0.444 e. The van der Waals surface area contributed by atoms with Gasteiger partial charge in [0.05, 0.1) is 6.54 Å². The summed E-state index contributed by atoms with van der Waals surface area (Å²) in [6.45, 7) is 12.6. The third-order valence-corrected chi connectivity index (χ3v) is 8.69. The molecule has 4 rings (SSSR count). The van der Waals surface area contributed by atoms with Gasteiger partial charge in [-0.2, -0.15) is 0 Å². The molecule has 1 saturated carbocycles. The quantitative estimate of drug-likeness (QED) is 0.413. The number of amides is 4. The van der Waals surface area contributed by atoms with Crippen molar-refractivity contribution in [3.63, 3.8) is 0 Å². The van der Waals surface area contributed by atoms with E-state index in [1.807, 2.05) is 82.3 Å². The normalized spacial score (nSPS) is 25.6. The molecule has 2 aromatic carbocycles. The van der Waals surface area contributed by atoms with E-state index in [-0.39, 0.29) is 18.9 Å². The second-order valence-corrected chi connectivity index (χ2v) is 14.2. The van der Waals surface area contributed by atoms with Crippen LogP contribution in [0.15, 0.2) is 54.6 Å². The van der Waals surface area contributed by atoms with Gasteiger partial charge in [0.25, 0.3) is 0 Å². The van der Waals surface area contributed by atoms with E-state index < -0.39 is 58.1 Å². The van der Waals surface area contributed by atoms with E-state index in [4.69, 9.17) is 15.2 Å². The third kappa shape index (κ3) is 6.75. The fourth-order valence-corrected chi connectivity index (χ4v) is 5.96. The number of carbonyl (C=O) groups excluding carboxylic acids is 4. The first-order valence-corrected chi connectivity index (χ1v) is 15.1. The topological polar surface area (TPSA) is 140 Å². The summed E-state index contributed by atoms with van der Waals surface area (Å²) in [5.74, 6) is -1.68. The molecule has 2 aliphatic rings. The summed E-state index contributed by atoms with van der Waals surface area (Å²) >= 11 is 0. The minimum atomic E-state index is -1.15. The summed E-state index contributed by atoms with van der Waals surface area (Å²) in [5.41, 5.74) is 4.87. The second-order valence-electron chi connectivity index (χ2n) is 14.2.